The zero-order chi connectivity index (χ0) is 11.7. The van der Waals surface area contributed by atoms with E-state index in [4.69, 9.17) is 11.6 Å². The molecule has 1 fully saturated rings. The van der Waals surface area contributed by atoms with Gasteiger partial charge in [-0.15, -0.1) is 0 Å². The SMILES string of the molecule is O=C1CS(=O)CC(=O)N1c1cccc(Cl)c1. The monoisotopic (exact) mass is 257 g/mol. The van der Waals surface area contributed by atoms with Gasteiger partial charge in [-0.05, 0) is 18.2 Å². The van der Waals surface area contributed by atoms with Crippen molar-refractivity contribution in [1.82, 2.24) is 0 Å². The van der Waals surface area contributed by atoms with Crippen molar-refractivity contribution in [2.45, 2.75) is 0 Å². The van der Waals surface area contributed by atoms with Crippen LogP contribution < -0.4 is 4.90 Å². The number of carbonyl (C=O) groups excluding carboxylic acids is 2. The summed E-state index contributed by atoms with van der Waals surface area (Å²) < 4.78 is 11.1. The summed E-state index contributed by atoms with van der Waals surface area (Å²) in [4.78, 5) is 24.2. The number of halogens is 1. The van der Waals surface area contributed by atoms with Gasteiger partial charge in [-0.3, -0.25) is 13.8 Å². The van der Waals surface area contributed by atoms with Crippen molar-refractivity contribution < 1.29 is 13.8 Å². The van der Waals surface area contributed by atoms with Gasteiger partial charge >= 0.3 is 0 Å². The molecular formula is C10H8ClNO3S. The number of rotatable bonds is 1. The number of benzene rings is 1. The fourth-order valence-corrected chi connectivity index (χ4v) is 2.59. The molecule has 0 unspecified atom stereocenters. The predicted octanol–water partition coefficient (Wildman–Crippen LogP) is 0.962. The molecular weight excluding hydrogens is 250 g/mol. The molecule has 0 spiro atoms. The van der Waals surface area contributed by atoms with Crippen molar-refractivity contribution in [1.29, 1.82) is 0 Å². The van der Waals surface area contributed by atoms with Gasteiger partial charge in [-0.2, -0.15) is 0 Å². The van der Waals surface area contributed by atoms with Crippen LogP contribution in [0.2, 0.25) is 5.02 Å². The largest absolute Gasteiger partial charge is 0.273 e. The molecule has 2 amide bonds. The molecule has 1 aromatic carbocycles. The molecule has 16 heavy (non-hydrogen) atoms. The lowest BCUT2D eigenvalue weighted by atomic mass is 10.3. The molecule has 6 heteroatoms. The average Bonchev–Trinajstić information content (AvgIpc) is 2.15. The second-order valence-electron chi connectivity index (χ2n) is 3.33. The van der Waals surface area contributed by atoms with Crippen LogP contribution in [0.15, 0.2) is 24.3 Å². The van der Waals surface area contributed by atoms with E-state index < -0.39 is 22.6 Å². The lowest BCUT2D eigenvalue weighted by Gasteiger charge is -2.24. The molecule has 0 bridgehead atoms. The summed E-state index contributed by atoms with van der Waals surface area (Å²) in [5.41, 5.74) is 0.430. The molecule has 2 rings (SSSR count). The summed E-state index contributed by atoms with van der Waals surface area (Å²) in [7, 11) is -1.37. The topological polar surface area (TPSA) is 54.5 Å². The van der Waals surface area contributed by atoms with Crippen LogP contribution in [-0.2, 0) is 20.4 Å². The minimum atomic E-state index is -1.37. The average molecular weight is 258 g/mol. The van der Waals surface area contributed by atoms with Crippen LogP contribution in [0.5, 0.6) is 0 Å². The van der Waals surface area contributed by atoms with Crippen LogP contribution in [0.3, 0.4) is 0 Å². The maximum absolute atomic E-state index is 11.6. The second kappa shape index (κ2) is 4.35. The van der Waals surface area contributed by atoms with Crippen molar-refractivity contribution in [3.8, 4) is 0 Å². The Morgan fingerprint density at radius 2 is 1.81 bits per heavy atom. The van der Waals surface area contributed by atoms with Crippen molar-refractivity contribution in [2.75, 3.05) is 16.4 Å². The molecule has 0 N–H and O–H groups in total. The summed E-state index contributed by atoms with van der Waals surface area (Å²) in [6.45, 7) is 0. The summed E-state index contributed by atoms with van der Waals surface area (Å²) in [5.74, 6) is -1.12. The Morgan fingerprint density at radius 1 is 1.19 bits per heavy atom. The zero-order valence-electron chi connectivity index (χ0n) is 8.18. The van der Waals surface area contributed by atoms with Gasteiger partial charge < -0.3 is 0 Å². The molecule has 1 heterocycles. The molecule has 0 radical (unpaired) electrons. The molecule has 1 saturated heterocycles. The molecule has 84 valence electrons. The Labute approximate surface area is 99.6 Å². The van der Waals surface area contributed by atoms with Gasteiger partial charge in [0, 0.05) is 15.8 Å². The van der Waals surface area contributed by atoms with Crippen LogP contribution in [0.25, 0.3) is 0 Å². The maximum atomic E-state index is 11.6. The Hall–Kier alpha value is -1.20. The molecule has 0 aliphatic carbocycles. The third-order valence-corrected chi connectivity index (χ3v) is 3.51. The summed E-state index contributed by atoms with van der Waals surface area (Å²) in [5, 5.41) is 0.449. The number of anilines is 1. The standard InChI is InChI=1S/C10H8ClNO3S/c11-7-2-1-3-8(4-7)12-9(13)5-16(15)6-10(12)14/h1-4H,5-6H2. The second-order valence-corrected chi connectivity index (χ2v) is 5.22. The van der Waals surface area contributed by atoms with Crippen molar-refractivity contribution in [2.24, 2.45) is 0 Å². The van der Waals surface area contributed by atoms with Crippen LogP contribution >= 0.6 is 11.6 Å². The van der Waals surface area contributed by atoms with Crippen LogP contribution in [0.1, 0.15) is 0 Å². The first-order chi connectivity index (χ1) is 7.58. The Kier molecular flexibility index (Phi) is 3.07. The summed E-state index contributed by atoms with van der Waals surface area (Å²) in [6.07, 6.45) is 0. The Balaban J connectivity index is 2.36. The smallest absolute Gasteiger partial charge is 0.246 e. The van der Waals surface area contributed by atoms with Gasteiger partial charge in [-0.25, -0.2) is 4.90 Å². The lowest BCUT2D eigenvalue weighted by molar-refractivity contribution is -0.124. The third kappa shape index (κ3) is 2.15. The highest BCUT2D eigenvalue weighted by atomic mass is 35.5. The van der Waals surface area contributed by atoms with Crippen LogP contribution in [0, 0.1) is 0 Å². The minimum Gasteiger partial charge on any atom is -0.273 e. The predicted molar refractivity (Wildman–Crippen MR) is 61.8 cm³/mol. The van der Waals surface area contributed by atoms with Gasteiger partial charge in [0.25, 0.3) is 0 Å². The van der Waals surface area contributed by atoms with Crippen LogP contribution in [-0.4, -0.2) is 27.5 Å². The lowest BCUT2D eigenvalue weighted by Crippen LogP contribution is -2.47. The normalized spacial score (nSPS) is 17.9. The van der Waals surface area contributed by atoms with Crippen LogP contribution in [0.4, 0.5) is 5.69 Å². The number of nitrogens with zero attached hydrogens (tertiary/aromatic N) is 1. The van der Waals surface area contributed by atoms with E-state index in [-0.39, 0.29) is 11.5 Å². The minimum absolute atomic E-state index is 0.113. The fourth-order valence-electron chi connectivity index (χ4n) is 1.50. The quantitative estimate of drug-likeness (QED) is 0.705. The molecule has 1 aliphatic rings. The van der Waals surface area contributed by atoms with E-state index in [9.17, 15) is 13.8 Å². The van der Waals surface area contributed by atoms with Crippen molar-refractivity contribution in [3.63, 3.8) is 0 Å². The van der Waals surface area contributed by atoms with E-state index in [1.54, 1.807) is 18.2 Å². The zero-order valence-corrected chi connectivity index (χ0v) is 9.75. The molecule has 1 aromatic rings. The number of hydrogen-bond acceptors (Lipinski definition) is 3. The maximum Gasteiger partial charge on any atom is 0.246 e. The highest BCUT2D eigenvalue weighted by Gasteiger charge is 2.31. The van der Waals surface area contributed by atoms with Gasteiger partial charge in [0.05, 0.1) is 5.69 Å². The van der Waals surface area contributed by atoms with E-state index in [0.717, 1.165) is 4.90 Å². The molecule has 1 aliphatic heterocycles. The molecule has 0 aromatic heterocycles. The van der Waals surface area contributed by atoms with E-state index in [0.29, 0.717) is 10.7 Å². The first kappa shape index (κ1) is 11.3. The highest BCUT2D eigenvalue weighted by molar-refractivity contribution is 7.86. The number of carbonyl (C=O) groups is 2. The van der Waals surface area contributed by atoms with Gasteiger partial charge in [-0.1, -0.05) is 17.7 Å². The van der Waals surface area contributed by atoms with E-state index in [2.05, 4.69) is 0 Å². The van der Waals surface area contributed by atoms with E-state index in [1.807, 2.05) is 0 Å². The van der Waals surface area contributed by atoms with Gasteiger partial charge in [0.2, 0.25) is 11.8 Å². The Morgan fingerprint density at radius 3 is 2.38 bits per heavy atom. The molecule has 4 nitrogen and oxygen atoms in total. The number of imide groups is 1. The Bertz CT molecular complexity index is 469. The molecule has 0 atom stereocenters. The van der Waals surface area contributed by atoms with Crippen molar-refractivity contribution in [3.05, 3.63) is 29.3 Å². The fraction of sp³-hybridized carbons (Fsp3) is 0.200. The molecule has 0 saturated carbocycles. The number of hydrogen-bond donors (Lipinski definition) is 0. The summed E-state index contributed by atoms with van der Waals surface area (Å²) >= 11 is 5.78. The van der Waals surface area contributed by atoms with Crippen molar-refractivity contribution >= 4 is 39.9 Å². The van der Waals surface area contributed by atoms with E-state index >= 15 is 0 Å². The van der Waals surface area contributed by atoms with Gasteiger partial charge in [0.1, 0.15) is 11.5 Å². The van der Waals surface area contributed by atoms with Gasteiger partial charge in [0.15, 0.2) is 0 Å². The summed E-state index contributed by atoms with van der Waals surface area (Å²) in [6, 6.07) is 6.47. The number of amides is 2. The first-order valence-electron chi connectivity index (χ1n) is 4.54. The first-order valence-corrected chi connectivity index (χ1v) is 6.41. The third-order valence-electron chi connectivity index (χ3n) is 2.13. The van der Waals surface area contributed by atoms with E-state index in [1.165, 1.54) is 6.07 Å². The highest BCUT2D eigenvalue weighted by Crippen LogP contribution is 2.21.